The van der Waals surface area contributed by atoms with Gasteiger partial charge in [-0.25, -0.2) is 18.2 Å². The fraction of sp³-hybridized carbons (Fsp3) is 0.286. The van der Waals surface area contributed by atoms with Gasteiger partial charge in [-0.15, -0.1) is 11.3 Å². The number of nitrogens with one attached hydrogen (secondary N) is 2. The van der Waals surface area contributed by atoms with Crippen LogP contribution in [0.5, 0.6) is 0 Å². The van der Waals surface area contributed by atoms with E-state index in [4.69, 9.17) is 0 Å². The maximum atomic E-state index is 13.8. The average molecular weight is 329 g/mol. The fourth-order valence-corrected chi connectivity index (χ4v) is 2.71. The van der Waals surface area contributed by atoms with Crippen molar-refractivity contribution in [3.05, 3.63) is 34.5 Å². The van der Waals surface area contributed by atoms with Crippen LogP contribution < -0.4 is 10.6 Å². The van der Waals surface area contributed by atoms with Crippen molar-refractivity contribution in [3.8, 4) is 11.3 Å². The van der Waals surface area contributed by atoms with Gasteiger partial charge in [-0.05, 0) is 14.0 Å². The predicted octanol–water partition coefficient (Wildman–Crippen LogP) is 3.08. The molecular weight excluding hydrogens is 315 g/mol. The normalized spacial score (nSPS) is 10.8. The van der Waals surface area contributed by atoms with Gasteiger partial charge in [-0.3, -0.25) is 4.79 Å². The molecule has 0 unspecified atom stereocenters. The molecule has 1 aromatic heterocycles. The molecule has 0 spiro atoms. The Kier molecular flexibility index (Phi) is 5.15. The Morgan fingerprint density at radius 3 is 2.50 bits per heavy atom. The summed E-state index contributed by atoms with van der Waals surface area (Å²) in [5, 5.41) is 5.65. The zero-order chi connectivity index (χ0) is 16.3. The van der Waals surface area contributed by atoms with E-state index >= 15 is 0 Å². The summed E-state index contributed by atoms with van der Waals surface area (Å²) in [6.45, 7) is 2.13. The van der Waals surface area contributed by atoms with Gasteiger partial charge in [0.1, 0.15) is 17.5 Å². The van der Waals surface area contributed by atoms with E-state index in [1.165, 1.54) is 0 Å². The zero-order valence-electron chi connectivity index (χ0n) is 12.0. The van der Waals surface area contributed by atoms with E-state index in [0.717, 1.165) is 11.3 Å². The van der Waals surface area contributed by atoms with Crippen molar-refractivity contribution >= 4 is 22.4 Å². The summed E-state index contributed by atoms with van der Waals surface area (Å²) in [6, 6.07) is 1.20. The lowest BCUT2D eigenvalue weighted by atomic mass is 10.1. The van der Waals surface area contributed by atoms with Crippen LogP contribution in [0.2, 0.25) is 0 Å². The molecule has 0 saturated carbocycles. The zero-order valence-corrected chi connectivity index (χ0v) is 12.8. The summed E-state index contributed by atoms with van der Waals surface area (Å²) in [4.78, 5) is 16.2. The minimum atomic E-state index is -1.03. The highest BCUT2D eigenvalue weighted by molar-refractivity contribution is 7.16. The number of amides is 1. The molecule has 118 valence electrons. The van der Waals surface area contributed by atoms with Gasteiger partial charge in [0, 0.05) is 30.0 Å². The highest BCUT2D eigenvalue weighted by atomic mass is 32.1. The van der Waals surface area contributed by atoms with E-state index < -0.39 is 23.0 Å². The van der Waals surface area contributed by atoms with E-state index in [-0.39, 0.29) is 23.2 Å². The number of carbonyl (C=O) groups excluding carboxylic acids is 1. The first kappa shape index (κ1) is 16.4. The first-order valence-corrected chi connectivity index (χ1v) is 7.30. The van der Waals surface area contributed by atoms with Crippen molar-refractivity contribution in [3.63, 3.8) is 0 Å². The fourth-order valence-electron chi connectivity index (χ4n) is 1.87. The molecule has 1 amide bonds. The molecule has 0 atom stereocenters. The van der Waals surface area contributed by atoms with Gasteiger partial charge in [-0.2, -0.15) is 0 Å². The van der Waals surface area contributed by atoms with Crippen LogP contribution in [0, 0.1) is 24.4 Å². The largest absolute Gasteiger partial charge is 0.319 e. The average Bonchev–Trinajstić information content (AvgIpc) is 2.76. The molecule has 8 heteroatoms. The molecule has 0 aliphatic heterocycles. The highest BCUT2D eigenvalue weighted by Crippen LogP contribution is 2.34. The number of halogens is 3. The third-order valence-electron chi connectivity index (χ3n) is 2.89. The Labute approximate surface area is 129 Å². The minimum absolute atomic E-state index is 0.0592. The summed E-state index contributed by atoms with van der Waals surface area (Å²) in [7, 11) is 1.72. The molecule has 1 aromatic carbocycles. The Bertz CT molecular complexity index is 680. The second kappa shape index (κ2) is 6.89. The summed E-state index contributed by atoms with van der Waals surface area (Å²) in [5.41, 5.74) is -0.338. The number of hydrogen-bond acceptors (Lipinski definition) is 4. The smallest absolute Gasteiger partial charge is 0.227 e. The first-order chi connectivity index (χ1) is 10.4. The van der Waals surface area contributed by atoms with Gasteiger partial charge in [-0.1, -0.05) is 0 Å². The van der Waals surface area contributed by atoms with Gasteiger partial charge in [0.15, 0.2) is 5.13 Å². The number of aryl methyl sites for hydroxylation is 1. The molecule has 0 saturated heterocycles. The Balaban J connectivity index is 2.29. The second-order valence-electron chi connectivity index (χ2n) is 4.57. The van der Waals surface area contributed by atoms with Gasteiger partial charge < -0.3 is 10.6 Å². The van der Waals surface area contributed by atoms with Crippen LogP contribution in [0.1, 0.15) is 11.3 Å². The lowest BCUT2D eigenvalue weighted by Gasteiger charge is -2.03. The lowest BCUT2D eigenvalue weighted by Crippen LogP contribution is -2.18. The number of carbonyl (C=O) groups is 1. The van der Waals surface area contributed by atoms with Crippen LogP contribution in [0.15, 0.2) is 12.1 Å². The van der Waals surface area contributed by atoms with Crippen molar-refractivity contribution in [2.45, 2.75) is 13.3 Å². The number of anilines is 1. The number of rotatable bonds is 5. The quantitative estimate of drug-likeness (QED) is 0.886. The molecule has 22 heavy (non-hydrogen) atoms. The van der Waals surface area contributed by atoms with E-state index in [0.29, 0.717) is 23.6 Å². The molecule has 2 N–H and O–H groups in total. The van der Waals surface area contributed by atoms with Crippen LogP contribution in [0.4, 0.5) is 18.3 Å². The molecule has 0 fully saturated rings. The molecule has 0 aliphatic rings. The van der Waals surface area contributed by atoms with Crippen molar-refractivity contribution in [1.82, 2.24) is 10.3 Å². The molecule has 0 aliphatic carbocycles. The van der Waals surface area contributed by atoms with E-state index in [2.05, 4.69) is 15.6 Å². The first-order valence-electron chi connectivity index (χ1n) is 6.49. The summed E-state index contributed by atoms with van der Waals surface area (Å²) in [6.07, 6.45) is 0.254. The Morgan fingerprint density at radius 1 is 1.27 bits per heavy atom. The van der Waals surface area contributed by atoms with E-state index in [9.17, 15) is 18.0 Å². The summed E-state index contributed by atoms with van der Waals surface area (Å²) in [5.74, 6) is -3.31. The number of nitrogens with zero attached hydrogens (tertiary/aromatic N) is 1. The summed E-state index contributed by atoms with van der Waals surface area (Å²) >= 11 is 1.10. The topological polar surface area (TPSA) is 54.0 Å². The SMILES string of the molecule is CNCCC(=O)Nc1nc(-c2c(F)cc(F)cc2F)c(C)s1. The number of hydrogen-bond donors (Lipinski definition) is 2. The number of aromatic nitrogens is 1. The Morgan fingerprint density at radius 2 is 1.91 bits per heavy atom. The summed E-state index contributed by atoms with van der Waals surface area (Å²) < 4.78 is 40.6. The Hall–Kier alpha value is -1.93. The van der Waals surface area contributed by atoms with Crippen LogP contribution in [0.25, 0.3) is 11.3 Å². The maximum Gasteiger partial charge on any atom is 0.227 e. The monoisotopic (exact) mass is 329 g/mol. The lowest BCUT2D eigenvalue weighted by molar-refractivity contribution is -0.116. The third-order valence-corrected chi connectivity index (χ3v) is 3.77. The molecule has 0 radical (unpaired) electrons. The van der Waals surface area contributed by atoms with Crippen molar-refractivity contribution in [1.29, 1.82) is 0 Å². The standard InChI is InChI=1S/C14H14F3N3OS/c1-7-13(12-9(16)5-8(15)6-10(12)17)20-14(22-7)19-11(21)3-4-18-2/h5-6,18H,3-4H2,1-2H3,(H,19,20,21). The van der Waals surface area contributed by atoms with Gasteiger partial charge >= 0.3 is 0 Å². The predicted molar refractivity (Wildman–Crippen MR) is 79.3 cm³/mol. The molecule has 0 bridgehead atoms. The van der Waals surface area contributed by atoms with Gasteiger partial charge in [0.2, 0.25) is 5.91 Å². The van der Waals surface area contributed by atoms with Crippen LogP contribution >= 0.6 is 11.3 Å². The van der Waals surface area contributed by atoms with Crippen molar-refractivity contribution < 1.29 is 18.0 Å². The van der Waals surface area contributed by atoms with Crippen LogP contribution in [-0.4, -0.2) is 24.5 Å². The van der Waals surface area contributed by atoms with Gasteiger partial charge in [0.25, 0.3) is 0 Å². The maximum absolute atomic E-state index is 13.8. The van der Waals surface area contributed by atoms with E-state index in [1.807, 2.05) is 0 Å². The molecule has 4 nitrogen and oxygen atoms in total. The van der Waals surface area contributed by atoms with Crippen molar-refractivity contribution in [2.24, 2.45) is 0 Å². The minimum Gasteiger partial charge on any atom is -0.319 e. The van der Waals surface area contributed by atoms with Crippen LogP contribution in [-0.2, 0) is 4.79 Å². The highest BCUT2D eigenvalue weighted by Gasteiger charge is 2.20. The van der Waals surface area contributed by atoms with Crippen molar-refractivity contribution in [2.75, 3.05) is 18.9 Å². The molecule has 2 aromatic rings. The second-order valence-corrected chi connectivity index (χ2v) is 5.77. The van der Waals surface area contributed by atoms with E-state index in [1.54, 1.807) is 14.0 Å². The number of thiazole rings is 1. The molecular formula is C14H14F3N3OS. The third kappa shape index (κ3) is 3.63. The molecule has 1 heterocycles. The number of benzene rings is 1. The van der Waals surface area contributed by atoms with Crippen LogP contribution in [0.3, 0.4) is 0 Å². The van der Waals surface area contributed by atoms with Gasteiger partial charge in [0.05, 0.1) is 11.3 Å². The molecule has 2 rings (SSSR count).